The molecule has 2 aromatic rings. The first-order valence-corrected chi connectivity index (χ1v) is 11.1. The number of alkyl halides is 1. The number of hydrogen-bond acceptors (Lipinski definition) is 9. The number of nitrogen functional groups attached to an aromatic ring is 1. The van der Waals surface area contributed by atoms with E-state index in [0.29, 0.717) is 61.7 Å². The molecule has 5 unspecified atom stereocenters. The van der Waals surface area contributed by atoms with Gasteiger partial charge >= 0.3 is 0 Å². The Hall–Kier alpha value is -2.16. The van der Waals surface area contributed by atoms with Crippen LogP contribution in [0.15, 0.2) is 12.3 Å². The molecule has 2 aliphatic rings. The molecule has 0 aromatic carbocycles. The molecule has 0 saturated carbocycles. The molecule has 0 spiro atoms. The number of nitrogens with two attached hydrogens (primary N) is 1. The lowest BCUT2D eigenvalue weighted by Crippen LogP contribution is -2.47. The number of aromatic nitrogens is 4. The summed E-state index contributed by atoms with van der Waals surface area (Å²) in [5.74, 6) is 0.385. The first-order chi connectivity index (χ1) is 14.8. The van der Waals surface area contributed by atoms with Gasteiger partial charge in [-0.05, 0) is 26.8 Å². The summed E-state index contributed by atoms with van der Waals surface area (Å²) in [7, 11) is 2.15. The van der Waals surface area contributed by atoms with Crippen molar-refractivity contribution in [3.8, 4) is 11.4 Å². The molecule has 0 radical (unpaired) electrons. The minimum Gasteiger partial charge on any atom is -0.384 e. The minimum absolute atomic E-state index is 0.0470. The van der Waals surface area contributed by atoms with Crippen molar-refractivity contribution in [1.82, 2.24) is 19.9 Å². The monoisotopic (exact) mass is 449 g/mol. The normalized spacial score (nSPS) is 25.5. The minimum atomic E-state index is -1.32. The molecule has 2 fully saturated rings. The Morgan fingerprint density at radius 3 is 2.55 bits per heavy atom. The summed E-state index contributed by atoms with van der Waals surface area (Å²) < 4.78 is 25.8. The quantitative estimate of drug-likeness (QED) is 0.704. The highest BCUT2D eigenvalue weighted by molar-refractivity contribution is 7.16. The molecule has 2 saturated heterocycles. The zero-order valence-corrected chi connectivity index (χ0v) is 19.2. The maximum absolute atomic E-state index is 14.4. The number of rotatable bonds is 4. The van der Waals surface area contributed by atoms with E-state index in [4.69, 9.17) is 30.2 Å². The van der Waals surface area contributed by atoms with Gasteiger partial charge in [0.1, 0.15) is 11.7 Å². The third-order valence-electron chi connectivity index (χ3n) is 5.43. The SMILES string of the molecule is CC1CN(c2nc(-c3cnc(N)cc3C(F)P)nc(N3CCOCC3C)n2)CC(C)O1. The second-order valence-electron chi connectivity index (χ2n) is 8.14. The van der Waals surface area contributed by atoms with Crippen LogP contribution in [0.1, 0.15) is 32.2 Å². The molecule has 4 heterocycles. The van der Waals surface area contributed by atoms with E-state index in [1.54, 1.807) is 0 Å². The van der Waals surface area contributed by atoms with Gasteiger partial charge in [0.15, 0.2) is 5.82 Å². The van der Waals surface area contributed by atoms with Crippen molar-refractivity contribution in [2.75, 3.05) is 48.4 Å². The Morgan fingerprint density at radius 1 is 1.16 bits per heavy atom. The summed E-state index contributed by atoms with van der Waals surface area (Å²) in [5.41, 5.74) is 6.67. The molecule has 0 bridgehead atoms. The standard InChI is InChI=1S/C20H29FN7O2P/c1-11-10-29-5-4-28(11)20-25-18(15-7-23-16(22)6-14(15)17(21)31)24-19(26-20)27-8-12(2)30-13(3)9-27/h6-7,11-13,17H,4-5,8-10,31H2,1-3H3,(H2,22,23). The zero-order valence-electron chi connectivity index (χ0n) is 18.0. The number of pyridine rings is 1. The van der Waals surface area contributed by atoms with Gasteiger partial charge in [0, 0.05) is 37.0 Å². The van der Waals surface area contributed by atoms with E-state index in [-0.39, 0.29) is 24.1 Å². The predicted molar refractivity (Wildman–Crippen MR) is 121 cm³/mol. The second kappa shape index (κ2) is 9.14. The fourth-order valence-electron chi connectivity index (χ4n) is 4.01. The zero-order chi connectivity index (χ0) is 22.1. The fourth-order valence-corrected chi connectivity index (χ4v) is 4.29. The number of hydrogen-bond donors (Lipinski definition) is 1. The number of nitrogens with zero attached hydrogens (tertiary/aromatic N) is 6. The smallest absolute Gasteiger partial charge is 0.231 e. The van der Waals surface area contributed by atoms with Crippen molar-refractivity contribution < 1.29 is 13.9 Å². The van der Waals surface area contributed by atoms with E-state index in [0.717, 1.165) is 0 Å². The molecule has 0 amide bonds. The molecule has 2 aromatic heterocycles. The van der Waals surface area contributed by atoms with Crippen LogP contribution in [0.3, 0.4) is 0 Å². The van der Waals surface area contributed by atoms with E-state index in [9.17, 15) is 4.39 Å². The molecule has 2 aliphatic heterocycles. The largest absolute Gasteiger partial charge is 0.384 e. The molecule has 4 rings (SSSR count). The van der Waals surface area contributed by atoms with Gasteiger partial charge < -0.3 is 25.0 Å². The van der Waals surface area contributed by atoms with Crippen molar-refractivity contribution in [2.45, 2.75) is 44.9 Å². The molecular weight excluding hydrogens is 420 g/mol. The Bertz CT molecular complexity index is 924. The third-order valence-corrected chi connectivity index (χ3v) is 5.79. The van der Waals surface area contributed by atoms with Crippen LogP contribution in [-0.2, 0) is 9.47 Å². The second-order valence-corrected chi connectivity index (χ2v) is 8.72. The summed E-state index contributed by atoms with van der Waals surface area (Å²) >= 11 is 0. The summed E-state index contributed by atoms with van der Waals surface area (Å²) in [6.45, 7) is 9.30. The summed E-state index contributed by atoms with van der Waals surface area (Å²) in [5, 5.41) is 0. The van der Waals surface area contributed by atoms with Crippen LogP contribution in [0.5, 0.6) is 0 Å². The van der Waals surface area contributed by atoms with E-state index in [1.807, 2.05) is 13.8 Å². The van der Waals surface area contributed by atoms with Crippen molar-refractivity contribution in [3.05, 3.63) is 17.8 Å². The summed E-state index contributed by atoms with van der Waals surface area (Å²) in [6, 6.07) is 1.63. The van der Waals surface area contributed by atoms with Crippen LogP contribution in [0.2, 0.25) is 0 Å². The number of ether oxygens (including phenoxy) is 2. The lowest BCUT2D eigenvalue weighted by Gasteiger charge is -2.37. The van der Waals surface area contributed by atoms with Crippen molar-refractivity contribution in [2.24, 2.45) is 0 Å². The molecule has 31 heavy (non-hydrogen) atoms. The summed E-state index contributed by atoms with van der Waals surface area (Å²) in [6.07, 6.45) is 1.62. The van der Waals surface area contributed by atoms with E-state index in [2.05, 4.69) is 30.9 Å². The van der Waals surface area contributed by atoms with Gasteiger partial charge in [0.05, 0.1) is 31.5 Å². The molecule has 11 heteroatoms. The number of halogens is 1. The molecule has 168 valence electrons. The van der Waals surface area contributed by atoms with Crippen molar-refractivity contribution >= 4 is 27.0 Å². The van der Waals surface area contributed by atoms with Gasteiger partial charge in [-0.3, -0.25) is 0 Å². The highest BCUT2D eigenvalue weighted by Crippen LogP contribution is 2.34. The first kappa shape index (κ1) is 22.0. The number of morpholine rings is 2. The average Bonchev–Trinajstić information content (AvgIpc) is 2.73. The highest BCUT2D eigenvalue weighted by Gasteiger charge is 2.28. The molecule has 2 N–H and O–H groups in total. The van der Waals surface area contributed by atoms with E-state index < -0.39 is 5.91 Å². The predicted octanol–water partition coefficient (Wildman–Crippen LogP) is 2.20. The molecular formula is C20H29FN7O2P. The van der Waals surface area contributed by atoms with E-state index in [1.165, 1.54) is 12.3 Å². The molecule has 9 nitrogen and oxygen atoms in total. The Kier molecular flexibility index (Phi) is 6.50. The van der Waals surface area contributed by atoms with Gasteiger partial charge in [-0.2, -0.15) is 15.0 Å². The molecule has 5 atom stereocenters. The van der Waals surface area contributed by atoms with Crippen LogP contribution in [0, 0.1) is 0 Å². The highest BCUT2D eigenvalue weighted by atomic mass is 31.0. The van der Waals surface area contributed by atoms with Gasteiger partial charge in [-0.25, -0.2) is 9.37 Å². The first-order valence-electron chi connectivity index (χ1n) is 10.5. The van der Waals surface area contributed by atoms with Crippen LogP contribution in [-0.4, -0.2) is 71.0 Å². The van der Waals surface area contributed by atoms with Crippen LogP contribution >= 0.6 is 9.24 Å². The van der Waals surface area contributed by atoms with Crippen LogP contribution < -0.4 is 15.5 Å². The van der Waals surface area contributed by atoms with Crippen LogP contribution in [0.25, 0.3) is 11.4 Å². The van der Waals surface area contributed by atoms with Crippen molar-refractivity contribution in [3.63, 3.8) is 0 Å². The van der Waals surface area contributed by atoms with Gasteiger partial charge in [0.2, 0.25) is 11.9 Å². The van der Waals surface area contributed by atoms with Crippen molar-refractivity contribution in [1.29, 1.82) is 0 Å². The maximum atomic E-state index is 14.4. The lowest BCUT2D eigenvalue weighted by atomic mass is 10.1. The van der Waals surface area contributed by atoms with Gasteiger partial charge in [-0.1, -0.05) is 9.24 Å². The Labute approximate surface area is 183 Å². The average molecular weight is 449 g/mol. The third kappa shape index (κ3) is 4.86. The fraction of sp³-hybridized carbons (Fsp3) is 0.600. The van der Waals surface area contributed by atoms with Crippen LogP contribution in [0.4, 0.5) is 22.1 Å². The summed E-state index contributed by atoms with van der Waals surface area (Å²) in [4.78, 5) is 22.6. The Morgan fingerprint density at radius 2 is 1.87 bits per heavy atom. The topological polar surface area (TPSA) is 103 Å². The number of anilines is 3. The maximum Gasteiger partial charge on any atom is 0.231 e. The van der Waals surface area contributed by atoms with Gasteiger partial charge in [0.25, 0.3) is 0 Å². The molecule has 0 aliphatic carbocycles. The Balaban J connectivity index is 1.82. The van der Waals surface area contributed by atoms with Gasteiger partial charge in [-0.15, -0.1) is 0 Å². The lowest BCUT2D eigenvalue weighted by molar-refractivity contribution is -0.00572. The van der Waals surface area contributed by atoms with E-state index >= 15 is 0 Å².